The Balaban J connectivity index is 1.89. The van der Waals surface area contributed by atoms with Gasteiger partial charge in [-0.1, -0.05) is 60.7 Å². The van der Waals surface area contributed by atoms with Crippen molar-refractivity contribution in [2.45, 2.75) is 12.1 Å². The molecular formula is C20H20N2O2. The quantitative estimate of drug-likeness (QED) is 0.758. The maximum atomic E-state index is 12.5. The second-order valence-electron chi connectivity index (χ2n) is 5.78. The molecule has 3 aromatic rings. The van der Waals surface area contributed by atoms with Crippen LogP contribution >= 0.6 is 0 Å². The van der Waals surface area contributed by atoms with Gasteiger partial charge in [0.25, 0.3) is 5.91 Å². The Labute approximate surface area is 141 Å². The van der Waals surface area contributed by atoms with Gasteiger partial charge in [-0.2, -0.15) is 0 Å². The summed E-state index contributed by atoms with van der Waals surface area (Å²) in [6.45, 7) is 0. The Morgan fingerprint density at radius 3 is 2.08 bits per heavy atom. The van der Waals surface area contributed by atoms with Crippen LogP contribution in [0.3, 0.4) is 0 Å². The predicted octanol–water partition coefficient (Wildman–Crippen LogP) is 3.23. The van der Waals surface area contributed by atoms with Gasteiger partial charge in [-0.15, -0.1) is 0 Å². The molecule has 2 atom stereocenters. The van der Waals surface area contributed by atoms with Crippen LogP contribution in [0.1, 0.15) is 33.6 Å². The van der Waals surface area contributed by atoms with Crippen LogP contribution in [-0.4, -0.2) is 15.6 Å². The average Bonchev–Trinajstić information content (AvgIpc) is 3.07. The highest BCUT2D eigenvalue weighted by Gasteiger charge is 2.25. The molecule has 0 unspecified atom stereocenters. The molecule has 0 spiro atoms. The molecule has 2 N–H and O–H groups in total. The molecule has 2 aromatic carbocycles. The first kappa shape index (κ1) is 16.0. The summed E-state index contributed by atoms with van der Waals surface area (Å²) in [6, 6.07) is 20.1. The number of hydrogen-bond acceptors (Lipinski definition) is 2. The SMILES string of the molecule is Cn1ccc(C(=O)N[C@@H](c2ccccc2)[C@H](O)c2ccccc2)c1. The minimum atomic E-state index is -0.832. The third kappa shape index (κ3) is 3.55. The Morgan fingerprint density at radius 2 is 1.54 bits per heavy atom. The van der Waals surface area contributed by atoms with Crippen LogP contribution in [-0.2, 0) is 7.05 Å². The Bertz CT molecular complexity index is 797. The number of hydrogen-bond donors (Lipinski definition) is 2. The van der Waals surface area contributed by atoms with Gasteiger partial charge < -0.3 is 15.0 Å². The zero-order valence-corrected chi connectivity index (χ0v) is 13.5. The van der Waals surface area contributed by atoms with Crippen molar-refractivity contribution in [1.82, 2.24) is 9.88 Å². The van der Waals surface area contributed by atoms with E-state index < -0.39 is 12.1 Å². The lowest BCUT2D eigenvalue weighted by atomic mass is 9.95. The van der Waals surface area contributed by atoms with E-state index in [9.17, 15) is 9.90 Å². The van der Waals surface area contributed by atoms with Gasteiger partial charge in [0.15, 0.2) is 0 Å². The number of carbonyl (C=O) groups excluding carboxylic acids is 1. The smallest absolute Gasteiger partial charge is 0.253 e. The van der Waals surface area contributed by atoms with Gasteiger partial charge in [-0.3, -0.25) is 4.79 Å². The normalized spacial score (nSPS) is 13.2. The number of amides is 1. The molecule has 1 amide bonds. The number of aliphatic hydroxyl groups is 1. The van der Waals surface area contributed by atoms with Crippen LogP contribution in [0.25, 0.3) is 0 Å². The summed E-state index contributed by atoms with van der Waals surface area (Å²) in [4.78, 5) is 12.5. The maximum Gasteiger partial charge on any atom is 0.253 e. The zero-order valence-electron chi connectivity index (χ0n) is 13.5. The van der Waals surface area contributed by atoms with Crippen LogP contribution < -0.4 is 5.32 Å². The summed E-state index contributed by atoms with van der Waals surface area (Å²) in [7, 11) is 1.87. The van der Waals surface area contributed by atoms with Crippen molar-refractivity contribution >= 4 is 5.91 Å². The number of rotatable bonds is 5. The Morgan fingerprint density at radius 1 is 0.958 bits per heavy atom. The van der Waals surface area contributed by atoms with Crippen molar-refractivity contribution in [2.24, 2.45) is 7.05 Å². The summed E-state index contributed by atoms with van der Waals surface area (Å²) in [5, 5.41) is 13.8. The fraction of sp³-hybridized carbons (Fsp3) is 0.150. The van der Waals surface area contributed by atoms with Crippen LogP contribution in [0.4, 0.5) is 0 Å². The molecule has 0 fully saturated rings. The zero-order chi connectivity index (χ0) is 16.9. The standard InChI is InChI=1S/C20H20N2O2/c1-22-13-12-17(14-22)20(24)21-18(15-8-4-2-5-9-15)19(23)16-10-6-3-7-11-16/h2-14,18-19,23H,1H3,(H,21,24)/t18-,19+/m0/s1. The number of aliphatic hydroxyl groups excluding tert-OH is 1. The fourth-order valence-electron chi connectivity index (χ4n) is 2.71. The lowest BCUT2D eigenvalue weighted by molar-refractivity contribution is 0.0831. The number of nitrogens with zero attached hydrogens (tertiary/aromatic N) is 1. The van der Waals surface area contributed by atoms with E-state index in [1.165, 1.54) is 0 Å². The van der Waals surface area contributed by atoms with Crippen LogP contribution in [0, 0.1) is 0 Å². The van der Waals surface area contributed by atoms with E-state index in [-0.39, 0.29) is 5.91 Å². The van der Waals surface area contributed by atoms with E-state index >= 15 is 0 Å². The Hall–Kier alpha value is -2.85. The minimum absolute atomic E-state index is 0.209. The molecule has 24 heavy (non-hydrogen) atoms. The predicted molar refractivity (Wildman–Crippen MR) is 93.5 cm³/mol. The molecule has 1 aromatic heterocycles. The molecule has 4 nitrogen and oxygen atoms in total. The number of aryl methyl sites for hydroxylation is 1. The third-order valence-corrected chi connectivity index (χ3v) is 4.00. The van der Waals surface area contributed by atoms with Gasteiger partial charge in [0.2, 0.25) is 0 Å². The van der Waals surface area contributed by atoms with Crippen LogP contribution in [0.5, 0.6) is 0 Å². The van der Waals surface area contributed by atoms with Crippen molar-refractivity contribution in [3.63, 3.8) is 0 Å². The number of nitrogens with one attached hydrogen (secondary N) is 1. The molecule has 0 saturated carbocycles. The molecule has 0 aliphatic rings. The summed E-state index contributed by atoms with van der Waals surface area (Å²) >= 11 is 0. The highest BCUT2D eigenvalue weighted by atomic mass is 16.3. The average molecular weight is 320 g/mol. The molecule has 1 heterocycles. The lowest BCUT2D eigenvalue weighted by Crippen LogP contribution is -2.32. The first-order chi connectivity index (χ1) is 11.6. The summed E-state index contributed by atoms with van der Waals surface area (Å²) in [6.07, 6.45) is 2.74. The van der Waals surface area contributed by atoms with E-state index in [0.717, 1.165) is 11.1 Å². The van der Waals surface area contributed by atoms with Gasteiger partial charge in [0.1, 0.15) is 6.10 Å². The maximum absolute atomic E-state index is 12.5. The van der Waals surface area contributed by atoms with Gasteiger partial charge >= 0.3 is 0 Å². The molecular weight excluding hydrogens is 300 g/mol. The number of aromatic nitrogens is 1. The molecule has 3 rings (SSSR count). The van der Waals surface area contributed by atoms with Crippen molar-refractivity contribution in [1.29, 1.82) is 0 Å². The van der Waals surface area contributed by atoms with Crippen molar-refractivity contribution < 1.29 is 9.90 Å². The molecule has 0 aliphatic heterocycles. The summed E-state index contributed by atoms with van der Waals surface area (Å²) in [5.41, 5.74) is 2.19. The second kappa shape index (κ2) is 7.15. The molecule has 0 aliphatic carbocycles. The topological polar surface area (TPSA) is 54.3 Å². The summed E-state index contributed by atoms with van der Waals surface area (Å²) in [5.74, 6) is -0.209. The Kier molecular flexibility index (Phi) is 4.77. The lowest BCUT2D eigenvalue weighted by Gasteiger charge is -2.25. The minimum Gasteiger partial charge on any atom is -0.386 e. The number of benzene rings is 2. The van der Waals surface area contributed by atoms with Crippen molar-refractivity contribution in [2.75, 3.05) is 0 Å². The van der Waals surface area contributed by atoms with Crippen LogP contribution in [0.2, 0.25) is 0 Å². The molecule has 0 bridgehead atoms. The molecule has 4 heteroatoms. The van der Waals surface area contributed by atoms with Gasteiger partial charge in [0, 0.05) is 19.4 Å². The molecule has 122 valence electrons. The first-order valence-corrected chi connectivity index (χ1v) is 7.86. The van der Waals surface area contributed by atoms with Gasteiger partial charge in [-0.25, -0.2) is 0 Å². The van der Waals surface area contributed by atoms with E-state index in [4.69, 9.17) is 0 Å². The van der Waals surface area contributed by atoms with Gasteiger partial charge in [-0.05, 0) is 17.2 Å². The van der Waals surface area contributed by atoms with E-state index in [1.54, 1.807) is 12.3 Å². The first-order valence-electron chi connectivity index (χ1n) is 7.86. The highest BCUT2D eigenvalue weighted by molar-refractivity contribution is 5.94. The van der Waals surface area contributed by atoms with Crippen molar-refractivity contribution in [3.05, 3.63) is 95.8 Å². The van der Waals surface area contributed by atoms with Crippen molar-refractivity contribution in [3.8, 4) is 0 Å². The fourth-order valence-corrected chi connectivity index (χ4v) is 2.71. The summed E-state index contributed by atoms with van der Waals surface area (Å²) < 4.78 is 1.82. The second-order valence-corrected chi connectivity index (χ2v) is 5.78. The van der Waals surface area contributed by atoms with E-state index in [0.29, 0.717) is 5.56 Å². The molecule has 0 radical (unpaired) electrons. The molecule has 0 saturated heterocycles. The van der Waals surface area contributed by atoms with E-state index in [2.05, 4.69) is 5.32 Å². The van der Waals surface area contributed by atoms with Gasteiger partial charge in [0.05, 0.1) is 11.6 Å². The largest absolute Gasteiger partial charge is 0.386 e. The highest BCUT2D eigenvalue weighted by Crippen LogP contribution is 2.29. The number of carbonyl (C=O) groups is 1. The van der Waals surface area contributed by atoms with E-state index in [1.807, 2.05) is 78.5 Å². The van der Waals surface area contributed by atoms with Crippen LogP contribution in [0.15, 0.2) is 79.1 Å². The third-order valence-electron chi connectivity index (χ3n) is 4.00. The monoisotopic (exact) mass is 320 g/mol.